The number of aliphatic imine (C=N–C) groups is 1. The van der Waals surface area contributed by atoms with Crippen LogP contribution in [0.1, 0.15) is 184 Å². The van der Waals surface area contributed by atoms with Gasteiger partial charge in [-0.15, -0.1) is 0 Å². The number of rotatable bonds is 14. The van der Waals surface area contributed by atoms with Crippen LogP contribution in [0, 0.1) is 21.7 Å². The van der Waals surface area contributed by atoms with Gasteiger partial charge in [0.05, 0.1) is 93.4 Å². The van der Waals surface area contributed by atoms with Crippen molar-refractivity contribution in [3.63, 3.8) is 0 Å². The van der Waals surface area contributed by atoms with E-state index in [0.29, 0.717) is 52.2 Å². The highest BCUT2D eigenvalue weighted by Gasteiger charge is 2.64. The van der Waals surface area contributed by atoms with Crippen molar-refractivity contribution in [1.29, 1.82) is 0 Å². The molecule has 0 saturated carbocycles. The third kappa shape index (κ3) is 11.4. The van der Waals surface area contributed by atoms with Crippen molar-refractivity contribution in [3.05, 3.63) is 178 Å². The van der Waals surface area contributed by atoms with Crippen molar-refractivity contribution in [3.8, 4) is 0 Å². The number of carboxylic acids is 1. The van der Waals surface area contributed by atoms with Gasteiger partial charge in [-0.05, 0) is 146 Å². The number of fused-ring (bicyclic) bond motifs is 6. The molecule has 8 aliphatic heterocycles. The molecule has 20 nitrogen and oxygen atoms in total. The van der Waals surface area contributed by atoms with Gasteiger partial charge in [0.25, 0.3) is 0 Å². The van der Waals surface area contributed by atoms with E-state index < -0.39 is 27.6 Å². The van der Waals surface area contributed by atoms with Crippen molar-refractivity contribution in [1.82, 2.24) is 29.7 Å². The van der Waals surface area contributed by atoms with Gasteiger partial charge in [0, 0.05) is 65.2 Å². The summed E-state index contributed by atoms with van der Waals surface area (Å²) in [6, 6.07) is 32.7. The Morgan fingerprint density at radius 3 is 1.32 bits per heavy atom. The fraction of sp³-hybridized carbons (Fsp3) is 0.514. The summed E-state index contributed by atoms with van der Waals surface area (Å²) < 4.78 is 40.3. The van der Waals surface area contributed by atoms with Gasteiger partial charge in [-0.2, -0.15) is 0 Å². The second-order valence-corrected chi connectivity index (χ2v) is 28.3. The zero-order chi connectivity index (χ0) is 68.8. The molecule has 18 rings (SSSR count). The summed E-state index contributed by atoms with van der Waals surface area (Å²) in [4.78, 5) is 64.6. The highest BCUT2D eigenvalue weighted by atomic mass is 32.1. The number of piperidine rings is 2. The number of nitrogens with zero attached hydrogens (tertiary/aromatic N) is 5. The minimum absolute atomic E-state index is 0. The van der Waals surface area contributed by atoms with Crippen molar-refractivity contribution < 1.29 is 58.9 Å². The summed E-state index contributed by atoms with van der Waals surface area (Å²) in [5, 5.41) is 16.7. The number of hydrogen-bond acceptors (Lipinski definition) is 16. The van der Waals surface area contributed by atoms with E-state index in [4.69, 9.17) is 56.1 Å². The van der Waals surface area contributed by atoms with Crippen LogP contribution in [0.2, 0.25) is 0 Å². The van der Waals surface area contributed by atoms with Crippen LogP contribution in [-0.2, 0) is 74.0 Å². The maximum absolute atomic E-state index is 12.8. The van der Waals surface area contributed by atoms with E-state index in [0.717, 1.165) is 40.0 Å². The van der Waals surface area contributed by atoms with Crippen molar-refractivity contribution >= 4 is 46.9 Å². The Hall–Kier alpha value is -7.66. The molecule has 2 aromatic heterocycles. The summed E-state index contributed by atoms with van der Waals surface area (Å²) in [5.41, 5.74) is 11.0. The Kier molecular flexibility index (Phi) is 19.7. The molecule has 0 spiro atoms. The van der Waals surface area contributed by atoms with Gasteiger partial charge >= 0.3 is 25.3 Å². The van der Waals surface area contributed by atoms with E-state index >= 15 is 0 Å². The van der Waals surface area contributed by atoms with Crippen LogP contribution >= 0.6 is 12.2 Å². The summed E-state index contributed by atoms with van der Waals surface area (Å²) in [6.07, 6.45) is 9.57. The number of methoxy groups -OCH3 is 4. The number of benzene rings is 4. The average molecular weight is 1320 g/mol. The molecule has 10 heterocycles. The van der Waals surface area contributed by atoms with Gasteiger partial charge < -0.3 is 63.8 Å². The van der Waals surface area contributed by atoms with Gasteiger partial charge in [0.15, 0.2) is 12.6 Å². The third-order valence-corrected chi connectivity index (χ3v) is 22.2. The van der Waals surface area contributed by atoms with Crippen LogP contribution in [0.3, 0.4) is 0 Å². The number of thiocarbonyl (C=S) groups is 1. The minimum atomic E-state index is -0.795. The van der Waals surface area contributed by atoms with Crippen LogP contribution in [0.4, 0.5) is 0 Å². The van der Waals surface area contributed by atoms with Crippen LogP contribution < -0.4 is 16.4 Å². The number of carboxylic acid groups (broad SMARTS) is 1. The molecular weight excluding hydrogens is 1220 g/mol. The molecule has 8 bridgehead atoms. The maximum Gasteiger partial charge on any atom is 1.00 e. The van der Waals surface area contributed by atoms with Gasteiger partial charge in [0.2, 0.25) is 0 Å². The maximum atomic E-state index is 12.8. The lowest BCUT2D eigenvalue weighted by Crippen LogP contribution is -2.63. The number of carbonyl (C=O) groups is 4. The molecule has 4 aliphatic carbocycles. The van der Waals surface area contributed by atoms with Crippen molar-refractivity contribution in [2.75, 3.05) is 61.3 Å². The molecular formula is C74H95N8O12S+. The first kappa shape index (κ1) is 70.1. The first-order chi connectivity index (χ1) is 45.2. The van der Waals surface area contributed by atoms with E-state index in [1.54, 1.807) is 34.6 Å². The van der Waals surface area contributed by atoms with Gasteiger partial charge in [0.1, 0.15) is 17.5 Å². The van der Waals surface area contributed by atoms with Crippen molar-refractivity contribution in [2.45, 2.75) is 160 Å². The number of aromatic nitrogens is 4. The smallest absolute Gasteiger partial charge is 0.481 e. The van der Waals surface area contributed by atoms with Crippen LogP contribution in [0.5, 0.6) is 0 Å². The molecule has 4 aromatic carbocycles. The number of nitrogens with one attached hydrogen (secondary N) is 2. The number of hydrogen-bond donors (Lipinski definition) is 4. The predicted octanol–water partition coefficient (Wildman–Crippen LogP) is 10.8. The molecule has 95 heavy (non-hydrogen) atoms. The average Bonchev–Trinajstić information content (AvgIpc) is 1.47. The molecule has 508 valence electrons. The Labute approximate surface area is 564 Å². The summed E-state index contributed by atoms with van der Waals surface area (Å²) in [5.74, 6) is 1.77. The molecule has 5 N–H and O–H groups in total. The fourth-order valence-corrected chi connectivity index (χ4v) is 17.6. The molecule has 12 aliphatic rings. The number of nitrogens with two attached hydrogens (primary N) is 1. The van der Waals surface area contributed by atoms with Crippen molar-refractivity contribution in [2.24, 2.45) is 32.4 Å². The zero-order valence-electron chi connectivity index (χ0n) is 58.5. The standard InChI is InChI=1S/C20H28N2O4.C18H20N2O2.C16H16N2O2.C16H19NO2S.C4H11NO2/c1-6-26-18(23)20(3)12-19(2)14-10-8-7-9-13(14)16(20)22-17(19)21-11-15(24-4)25-5;1-4-22-16(21)18(3)11-17(2)13-8-6-5-7-12(13)14(18)20-10-9-19-15(17)20;1-15-9-16(2,14(19)20)12(18-8-7-17-13(15)18)10-5-3-4-6-11(10)15;1-4-19-14(18)16(3)9-15(2)11-8-6-5-7-10(11)12(16)17-13(15)20;1-6-4(3-5)7-2/h7-10,15-16H,6,11-12H2,1-5H3,(H,21,22);5-10,14H,4,11H2,1-3H3;3-8,12H,9H2,1-2H3,(H,19,20);5-8,12H,4,9H2,1-3H3,(H,17,20);4H,3,5H2,1-2H3/p+1. The van der Waals surface area contributed by atoms with E-state index in [1.165, 1.54) is 33.4 Å². The number of esters is 3. The molecule has 12 unspecified atom stereocenters. The van der Waals surface area contributed by atoms with Gasteiger partial charge in [-0.3, -0.25) is 24.2 Å². The second-order valence-electron chi connectivity index (χ2n) is 27.9. The lowest BCUT2D eigenvalue weighted by molar-refractivity contribution is -0.160. The Bertz CT molecular complexity index is 3900. The van der Waals surface area contributed by atoms with Crippen LogP contribution in [0.25, 0.3) is 0 Å². The number of carbonyl (C=O) groups excluding carboxylic acids is 3. The third-order valence-electron chi connectivity index (χ3n) is 21.6. The fourth-order valence-electron chi connectivity index (χ4n) is 17.3. The van der Waals surface area contributed by atoms with Crippen LogP contribution in [-0.4, -0.2) is 133 Å². The predicted molar refractivity (Wildman–Crippen MR) is 365 cm³/mol. The molecule has 2 saturated heterocycles. The molecule has 2 fully saturated rings. The van der Waals surface area contributed by atoms with Crippen LogP contribution in [0.15, 0.2) is 127 Å². The van der Waals surface area contributed by atoms with E-state index in [1.807, 2.05) is 110 Å². The minimum Gasteiger partial charge on any atom is -0.481 e. The highest BCUT2D eigenvalue weighted by molar-refractivity contribution is 7.80. The molecule has 0 radical (unpaired) electrons. The summed E-state index contributed by atoms with van der Waals surface area (Å²) in [7, 11) is 6.31. The van der Waals surface area contributed by atoms with Gasteiger partial charge in [-0.25, -0.2) is 9.97 Å². The monoisotopic (exact) mass is 1320 g/mol. The first-order valence-corrected chi connectivity index (χ1v) is 33.2. The second kappa shape index (κ2) is 26.7. The summed E-state index contributed by atoms with van der Waals surface area (Å²) >= 11 is 5.54. The number of imidazole rings is 2. The Morgan fingerprint density at radius 1 is 0.547 bits per heavy atom. The quantitative estimate of drug-likeness (QED) is 0.0342. The molecule has 12 atom stereocenters. The first-order valence-electron chi connectivity index (χ1n) is 32.8. The molecule has 0 amide bonds. The number of amidine groups is 1. The summed E-state index contributed by atoms with van der Waals surface area (Å²) in [6.45, 7) is 24.0. The molecule has 21 heteroatoms. The normalized spacial score (nSPS) is 30.8. The number of aliphatic carboxylic acids is 1. The van der Waals surface area contributed by atoms with E-state index in [9.17, 15) is 24.3 Å². The molecule has 6 aromatic rings. The number of ether oxygens (including phenoxy) is 7. The topological polar surface area (TPSA) is 251 Å². The largest absolute Gasteiger partial charge is 1.00 e. The Morgan fingerprint density at radius 2 is 0.905 bits per heavy atom. The highest BCUT2D eigenvalue weighted by Crippen LogP contribution is 2.63. The Balaban J connectivity index is 0.000000145. The van der Waals surface area contributed by atoms with E-state index in [-0.39, 0.29) is 77.7 Å². The SMILES string of the molecule is CC12CC(C)(C(=O)O)C(c3ccccc31)n1ccnc12.CCOC(=O)C1(C)CC2(C)C(=NCC(OC)OC)NC1c1ccccc12.CCOC(=O)C1(C)CC2(C)C(=S)NC1c1ccccc12.CCOC(=O)C1(C)CC2(C)c3ccccc3C1n1ccnc12.COC(CN)OC.[H+]. The zero-order valence-corrected chi connectivity index (χ0v) is 58.4. The van der Waals surface area contributed by atoms with Gasteiger partial charge in [-0.1, -0.05) is 109 Å². The van der Waals surface area contributed by atoms with E-state index in [2.05, 4.69) is 112 Å². The lowest BCUT2D eigenvalue weighted by atomic mass is 9.55. The lowest BCUT2D eigenvalue weighted by Gasteiger charge is -2.55.